The van der Waals surface area contributed by atoms with Crippen molar-refractivity contribution in [3.8, 4) is 0 Å². The molecule has 0 spiro atoms. The summed E-state index contributed by atoms with van der Waals surface area (Å²) in [5.74, 6) is -2.08. The van der Waals surface area contributed by atoms with Gasteiger partial charge in [0.05, 0.1) is 17.7 Å². The lowest BCUT2D eigenvalue weighted by molar-refractivity contribution is 0.0777. The molecule has 1 amide bonds. The molecule has 1 aliphatic rings. The highest BCUT2D eigenvalue weighted by atomic mass is 19.1. The van der Waals surface area contributed by atoms with Gasteiger partial charge in [-0.05, 0) is 18.6 Å². The number of hydrogen-bond donors (Lipinski definition) is 2. The van der Waals surface area contributed by atoms with Crippen LogP contribution in [0.5, 0.6) is 0 Å². The number of rotatable bonds is 3. The zero-order valence-electron chi connectivity index (χ0n) is 10.8. The van der Waals surface area contributed by atoms with E-state index in [4.69, 9.17) is 4.74 Å². The number of carbonyl (C=O) groups is 1. The van der Waals surface area contributed by atoms with Crippen molar-refractivity contribution >= 4 is 5.91 Å². The average Bonchev–Trinajstić information content (AvgIpc) is 2.80. The lowest BCUT2D eigenvalue weighted by Gasteiger charge is -2.18. The van der Waals surface area contributed by atoms with Crippen molar-refractivity contribution < 1.29 is 18.3 Å². The van der Waals surface area contributed by atoms with Crippen molar-refractivity contribution in [2.45, 2.75) is 19.1 Å². The summed E-state index contributed by atoms with van der Waals surface area (Å²) in [5.41, 5.74) is 0.0834. The monoisotopic (exact) mass is 270 g/mol. The molecule has 0 radical (unpaired) electrons. The first-order valence-corrected chi connectivity index (χ1v) is 6.03. The second kappa shape index (κ2) is 5.63. The molecular weight excluding hydrogens is 254 g/mol. The summed E-state index contributed by atoms with van der Waals surface area (Å²) in [6.07, 6.45) is -0.145. The molecular formula is C13H16F2N2O2. The SMILES string of the molecule is CO[C@H]1CNC[C@@H]1NC(=O)c1cc(C)c(F)cc1F. The molecule has 104 valence electrons. The smallest absolute Gasteiger partial charge is 0.254 e. The number of benzene rings is 1. The van der Waals surface area contributed by atoms with Crippen LogP contribution in [0.1, 0.15) is 15.9 Å². The zero-order chi connectivity index (χ0) is 14.0. The van der Waals surface area contributed by atoms with Crippen LogP contribution in [0.2, 0.25) is 0 Å². The average molecular weight is 270 g/mol. The van der Waals surface area contributed by atoms with E-state index in [9.17, 15) is 13.6 Å². The summed E-state index contributed by atoms with van der Waals surface area (Å²) >= 11 is 0. The molecule has 2 rings (SSSR count). The van der Waals surface area contributed by atoms with Gasteiger partial charge in [0.25, 0.3) is 5.91 Å². The summed E-state index contributed by atoms with van der Waals surface area (Å²) in [6, 6.07) is 1.72. The van der Waals surface area contributed by atoms with Crippen LogP contribution in [0.4, 0.5) is 8.78 Å². The largest absolute Gasteiger partial charge is 0.378 e. The predicted molar refractivity (Wildman–Crippen MR) is 66.0 cm³/mol. The van der Waals surface area contributed by atoms with Crippen molar-refractivity contribution in [1.82, 2.24) is 10.6 Å². The number of ether oxygens (including phenoxy) is 1. The molecule has 1 aromatic rings. The van der Waals surface area contributed by atoms with Crippen LogP contribution in [0.15, 0.2) is 12.1 Å². The van der Waals surface area contributed by atoms with Gasteiger partial charge in [0.2, 0.25) is 0 Å². The molecule has 0 unspecified atom stereocenters. The Bertz CT molecular complexity index is 494. The molecule has 0 saturated carbocycles. The number of carbonyl (C=O) groups excluding carboxylic acids is 1. The first-order valence-electron chi connectivity index (χ1n) is 6.03. The fraction of sp³-hybridized carbons (Fsp3) is 0.462. The molecule has 0 aromatic heterocycles. The second-order valence-electron chi connectivity index (χ2n) is 4.59. The van der Waals surface area contributed by atoms with Gasteiger partial charge < -0.3 is 15.4 Å². The van der Waals surface area contributed by atoms with Gasteiger partial charge in [-0.2, -0.15) is 0 Å². The molecule has 0 bridgehead atoms. The van der Waals surface area contributed by atoms with Gasteiger partial charge in [-0.15, -0.1) is 0 Å². The maximum atomic E-state index is 13.6. The Labute approximate surface area is 110 Å². The number of nitrogens with one attached hydrogen (secondary N) is 2. The van der Waals surface area contributed by atoms with E-state index < -0.39 is 17.5 Å². The third-order valence-corrected chi connectivity index (χ3v) is 3.27. The van der Waals surface area contributed by atoms with Gasteiger partial charge in [0.1, 0.15) is 11.6 Å². The van der Waals surface area contributed by atoms with Crippen LogP contribution >= 0.6 is 0 Å². The minimum atomic E-state index is -0.861. The predicted octanol–water partition coefficient (Wildman–Crippen LogP) is 0.990. The Balaban J connectivity index is 2.14. The highest BCUT2D eigenvalue weighted by molar-refractivity contribution is 5.95. The number of amides is 1. The second-order valence-corrected chi connectivity index (χ2v) is 4.59. The van der Waals surface area contributed by atoms with Crippen LogP contribution in [0, 0.1) is 18.6 Å². The standard InChI is InChI=1S/C13H16F2N2O2/c1-7-3-8(10(15)4-9(7)14)13(18)17-11-5-16-6-12(11)19-2/h3-4,11-12,16H,5-6H2,1-2H3,(H,17,18)/t11-,12-/m0/s1. The van der Waals surface area contributed by atoms with Crippen LogP contribution in [-0.2, 0) is 4.74 Å². The first-order chi connectivity index (χ1) is 9.02. The summed E-state index contributed by atoms with van der Waals surface area (Å²) < 4.78 is 31.9. The van der Waals surface area contributed by atoms with E-state index in [0.717, 1.165) is 6.07 Å². The van der Waals surface area contributed by atoms with Crippen LogP contribution < -0.4 is 10.6 Å². The lowest BCUT2D eigenvalue weighted by Crippen LogP contribution is -2.43. The van der Waals surface area contributed by atoms with Gasteiger partial charge >= 0.3 is 0 Å². The van der Waals surface area contributed by atoms with E-state index in [0.29, 0.717) is 13.1 Å². The maximum Gasteiger partial charge on any atom is 0.254 e. The molecule has 1 heterocycles. The highest BCUT2D eigenvalue weighted by Gasteiger charge is 2.29. The molecule has 1 fully saturated rings. The summed E-state index contributed by atoms with van der Waals surface area (Å²) in [6.45, 7) is 2.68. The molecule has 6 heteroatoms. The third kappa shape index (κ3) is 2.90. The molecule has 1 aliphatic heterocycles. The highest BCUT2D eigenvalue weighted by Crippen LogP contribution is 2.15. The van der Waals surface area contributed by atoms with E-state index in [1.54, 1.807) is 7.11 Å². The fourth-order valence-electron chi connectivity index (χ4n) is 2.12. The molecule has 1 saturated heterocycles. The van der Waals surface area contributed by atoms with Crippen molar-refractivity contribution in [3.63, 3.8) is 0 Å². The molecule has 19 heavy (non-hydrogen) atoms. The number of methoxy groups -OCH3 is 1. The molecule has 2 N–H and O–H groups in total. The van der Waals surface area contributed by atoms with E-state index in [2.05, 4.69) is 10.6 Å². The first kappa shape index (κ1) is 13.9. The number of halogens is 2. The van der Waals surface area contributed by atoms with Crippen LogP contribution in [0.3, 0.4) is 0 Å². The quantitative estimate of drug-likeness (QED) is 0.861. The zero-order valence-corrected chi connectivity index (χ0v) is 10.8. The Hall–Kier alpha value is -1.53. The maximum absolute atomic E-state index is 13.6. The third-order valence-electron chi connectivity index (χ3n) is 3.27. The number of hydrogen-bond acceptors (Lipinski definition) is 3. The lowest BCUT2D eigenvalue weighted by atomic mass is 10.1. The summed E-state index contributed by atoms with van der Waals surface area (Å²) in [5, 5.41) is 5.77. The normalized spacial score (nSPS) is 22.5. The Kier molecular flexibility index (Phi) is 4.11. The Morgan fingerprint density at radius 3 is 2.79 bits per heavy atom. The van der Waals surface area contributed by atoms with Gasteiger partial charge in [0.15, 0.2) is 0 Å². The van der Waals surface area contributed by atoms with Gasteiger partial charge in [-0.1, -0.05) is 0 Å². The fourth-order valence-corrected chi connectivity index (χ4v) is 2.12. The van der Waals surface area contributed by atoms with Crippen molar-refractivity contribution in [1.29, 1.82) is 0 Å². The minimum Gasteiger partial charge on any atom is -0.378 e. The summed E-state index contributed by atoms with van der Waals surface area (Å²) in [7, 11) is 1.56. The van der Waals surface area contributed by atoms with Gasteiger partial charge in [0, 0.05) is 26.3 Å². The topological polar surface area (TPSA) is 50.4 Å². The van der Waals surface area contributed by atoms with Crippen molar-refractivity contribution in [2.75, 3.05) is 20.2 Å². The van der Waals surface area contributed by atoms with Gasteiger partial charge in [-0.25, -0.2) is 8.78 Å². The van der Waals surface area contributed by atoms with E-state index in [1.165, 1.54) is 13.0 Å². The molecule has 2 atom stereocenters. The van der Waals surface area contributed by atoms with Crippen LogP contribution in [0.25, 0.3) is 0 Å². The van der Waals surface area contributed by atoms with E-state index in [1.807, 2.05) is 0 Å². The van der Waals surface area contributed by atoms with Gasteiger partial charge in [-0.3, -0.25) is 4.79 Å². The van der Waals surface area contributed by atoms with Crippen molar-refractivity contribution in [3.05, 3.63) is 34.9 Å². The van der Waals surface area contributed by atoms with E-state index in [-0.39, 0.29) is 23.3 Å². The number of aryl methyl sites for hydroxylation is 1. The van der Waals surface area contributed by atoms with Crippen LogP contribution in [-0.4, -0.2) is 38.3 Å². The molecule has 4 nitrogen and oxygen atoms in total. The molecule has 0 aliphatic carbocycles. The van der Waals surface area contributed by atoms with Crippen molar-refractivity contribution in [2.24, 2.45) is 0 Å². The Morgan fingerprint density at radius 2 is 2.11 bits per heavy atom. The molecule has 1 aromatic carbocycles. The minimum absolute atomic E-state index is 0.145. The Morgan fingerprint density at radius 1 is 1.37 bits per heavy atom. The summed E-state index contributed by atoms with van der Waals surface area (Å²) in [4.78, 5) is 12.0. The van der Waals surface area contributed by atoms with E-state index >= 15 is 0 Å².